The lowest BCUT2D eigenvalue weighted by Gasteiger charge is -2.09. The molecule has 19 heavy (non-hydrogen) atoms. The minimum Gasteiger partial charge on any atom is -0.490 e. The van der Waals surface area contributed by atoms with Gasteiger partial charge in [0.05, 0.1) is 28.5 Å². The fourth-order valence-corrected chi connectivity index (χ4v) is 2.21. The molecule has 0 bridgehead atoms. The van der Waals surface area contributed by atoms with E-state index in [1.54, 1.807) is 0 Å². The van der Waals surface area contributed by atoms with Gasteiger partial charge in [-0.25, -0.2) is 17.9 Å². The summed E-state index contributed by atoms with van der Waals surface area (Å²) in [7, 11) is -3.52. The summed E-state index contributed by atoms with van der Waals surface area (Å²) in [6.07, 6.45) is 0. The average Bonchev–Trinajstić information content (AvgIpc) is 2.28. The third kappa shape index (κ3) is 6.53. The van der Waals surface area contributed by atoms with Crippen molar-refractivity contribution in [1.29, 1.82) is 0 Å². The van der Waals surface area contributed by atoms with E-state index in [2.05, 4.69) is 15.9 Å². The molecule has 0 aromatic heterocycles. The van der Waals surface area contributed by atoms with Gasteiger partial charge in [-0.3, -0.25) is 0 Å². The highest BCUT2D eigenvalue weighted by Crippen LogP contribution is 2.30. The Morgan fingerprint density at radius 2 is 2.00 bits per heavy atom. The predicted molar refractivity (Wildman–Crippen MR) is 73.4 cm³/mol. The summed E-state index contributed by atoms with van der Waals surface area (Å²) >= 11 is 8.75. The highest BCUT2D eigenvalue weighted by molar-refractivity contribution is 9.10. The van der Waals surface area contributed by atoms with Crippen molar-refractivity contribution in [2.24, 2.45) is 5.14 Å². The number of rotatable bonds is 7. The lowest BCUT2D eigenvalue weighted by molar-refractivity contribution is 0.111. The van der Waals surface area contributed by atoms with E-state index in [-0.39, 0.29) is 36.3 Å². The zero-order chi connectivity index (χ0) is 14.5. The van der Waals surface area contributed by atoms with Gasteiger partial charge < -0.3 is 9.47 Å². The van der Waals surface area contributed by atoms with Gasteiger partial charge >= 0.3 is 0 Å². The van der Waals surface area contributed by atoms with Crippen LogP contribution < -0.4 is 9.88 Å². The first-order valence-electron chi connectivity index (χ1n) is 5.15. The molecule has 0 heterocycles. The van der Waals surface area contributed by atoms with Crippen molar-refractivity contribution < 1.29 is 22.3 Å². The second-order valence-electron chi connectivity index (χ2n) is 3.52. The first-order valence-corrected chi connectivity index (χ1v) is 8.04. The normalized spacial score (nSPS) is 11.6. The summed E-state index contributed by atoms with van der Waals surface area (Å²) in [6.45, 7) is 0.287. The van der Waals surface area contributed by atoms with Crippen molar-refractivity contribution in [3.8, 4) is 5.75 Å². The summed E-state index contributed by atoms with van der Waals surface area (Å²) < 4.78 is 45.2. The Kier molecular flexibility index (Phi) is 6.48. The first-order chi connectivity index (χ1) is 8.79. The predicted octanol–water partition coefficient (Wildman–Crippen LogP) is 1.93. The molecule has 5 nitrogen and oxygen atoms in total. The van der Waals surface area contributed by atoms with Gasteiger partial charge in [-0.15, -0.1) is 0 Å². The summed E-state index contributed by atoms with van der Waals surface area (Å²) in [4.78, 5) is 0. The van der Waals surface area contributed by atoms with Crippen LogP contribution in [0, 0.1) is 5.82 Å². The molecule has 0 atom stereocenters. The molecule has 1 aromatic carbocycles. The van der Waals surface area contributed by atoms with Crippen LogP contribution in [0.25, 0.3) is 0 Å². The fourth-order valence-electron chi connectivity index (χ4n) is 1.10. The molecule has 108 valence electrons. The molecule has 0 amide bonds. The molecule has 0 fully saturated rings. The molecule has 9 heteroatoms. The Balaban J connectivity index is 2.32. The van der Waals surface area contributed by atoms with Crippen LogP contribution in [0.1, 0.15) is 0 Å². The number of sulfonamides is 1. The van der Waals surface area contributed by atoms with Gasteiger partial charge in [-0.1, -0.05) is 11.6 Å². The van der Waals surface area contributed by atoms with E-state index in [9.17, 15) is 12.8 Å². The molecule has 0 unspecified atom stereocenters. The molecule has 0 aliphatic heterocycles. The Bertz CT molecular complexity index is 541. The van der Waals surface area contributed by atoms with Gasteiger partial charge in [0.1, 0.15) is 18.2 Å². The summed E-state index contributed by atoms with van der Waals surface area (Å²) in [5.41, 5.74) is 0. The average molecular weight is 377 g/mol. The van der Waals surface area contributed by atoms with Gasteiger partial charge in [0.25, 0.3) is 0 Å². The number of hydrogen-bond donors (Lipinski definition) is 1. The largest absolute Gasteiger partial charge is 0.490 e. The number of halogens is 3. The Morgan fingerprint density at radius 1 is 1.32 bits per heavy atom. The highest BCUT2D eigenvalue weighted by Gasteiger charge is 2.08. The molecular weight excluding hydrogens is 365 g/mol. The summed E-state index contributed by atoms with van der Waals surface area (Å²) in [6, 6.07) is 2.53. The first kappa shape index (κ1) is 16.6. The second kappa shape index (κ2) is 7.39. The van der Waals surface area contributed by atoms with Gasteiger partial charge in [0.15, 0.2) is 0 Å². The zero-order valence-corrected chi connectivity index (χ0v) is 12.9. The SMILES string of the molecule is NS(=O)(=O)CCOCCOc1cc(F)c(Cl)cc1Br. The van der Waals surface area contributed by atoms with Crippen molar-refractivity contribution in [3.05, 3.63) is 27.4 Å². The fraction of sp³-hybridized carbons (Fsp3) is 0.400. The molecule has 1 aromatic rings. The van der Waals surface area contributed by atoms with Gasteiger partial charge in [0.2, 0.25) is 10.0 Å². The molecule has 0 saturated carbocycles. The maximum absolute atomic E-state index is 13.2. The topological polar surface area (TPSA) is 78.6 Å². The molecule has 2 N–H and O–H groups in total. The van der Waals surface area contributed by atoms with Gasteiger partial charge in [0, 0.05) is 6.07 Å². The maximum atomic E-state index is 13.2. The van der Waals surface area contributed by atoms with Gasteiger partial charge in [-0.2, -0.15) is 0 Å². The number of primary sulfonamides is 1. The third-order valence-electron chi connectivity index (χ3n) is 1.97. The van der Waals surface area contributed by atoms with Crippen molar-refractivity contribution in [2.75, 3.05) is 25.6 Å². The number of nitrogens with two attached hydrogens (primary N) is 1. The van der Waals surface area contributed by atoms with E-state index in [0.717, 1.165) is 6.07 Å². The van der Waals surface area contributed by atoms with Crippen molar-refractivity contribution in [2.45, 2.75) is 0 Å². The smallest absolute Gasteiger partial charge is 0.211 e. The standard InChI is InChI=1S/C10H12BrClFNO4S/c11-7-5-8(12)9(13)6-10(7)18-2-1-17-3-4-19(14,15)16/h5-6H,1-4H2,(H2,14,15,16). The Morgan fingerprint density at radius 3 is 2.63 bits per heavy atom. The quantitative estimate of drug-likeness (QED) is 0.582. The minimum atomic E-state index is -3.52. The van der Waals surface area contributed by atoms with Crippen LogP contribution in [0.5, 0.6) is 5.75 Å². The number of benzene rings is 1. The van der Waals surface area contributed by atoms with Crippen molar-refractivity contribution in [3.63, 3.8) is 0 Å². The molecule has 0 radical (unpaired) electrons. The van der Waals surface area contributed by atoms with E-state index in [1.807, 2.05) is 0 Å². The number of hydrogen-bond acceptors (Lipinski definition) is 4. The Hall–Kier alpha value is -0.410. The van der Waals surface area contributed by atoms with Crippen LogP contribution in [0.15, 0.2) is 16.6 Å². The molecule has 0 aliphatic carbocycles. The summed E-state index contributed by atoms with van der Waals surface area (Å²) in [5.74, 6) is -0.557. The van der Waals surface area contributed by atoms with Crippen LogP contribution >= 0.6 is 27.5 Å². The monoisotopic (exact) mass is 375 g/mol. The number of ether oxygens (including phenoxy) is 2. The highest BCUT2D eigenvalue weighted by atomic mass is 79.9. The van der Waals surface area contributed by atoms with E-state index >= 15 is 0 Å². The lowest BCUT2D eigenvalue weighted by atomic mass is 10.3. The maximum Gasteiger partial charge on any atom is 0.211 e. The second-order valence-corrected chi connectivity index (χ2v) is 6.52. The molecule has 0 aliphatic rings. The van der Waals surface area contributed by atoms with Crippen molar-refractivity contribution in [1.82, 2.24) is 0 Å². The van der Waals surface area contributed by atoms with E-state index in [0.29, 0.717) is 4.47 Å². The molecule has 0 saturated heterocycles. The van der Waals surface area contributed by atoms with Gasteiger partial charge in [-0.05, 0) is 22.0 Å². The molecule has 1 rings (SSSR count). The van der Waals surface area contributed by atoms with Crippen LogP contribution in [0.2, 0.25) is 5.02 Å². The van der Waals surface area contributed by atoms with Crippen molar-refractivity contribution >= 4 is 37.6 Å². The van der Waals surface area contributed by atoms with Crippen LogP contribution in [0.4, 0.5) is 4.39 Å². The van der Waals surface area contributed by atoms with E-state index < -0.39 is 15.8 Å². The Labute approximate surface area is 124 Å². The molecular formula is C10H12BrClFNO4S. The van der Waals surface area contributed by atoms with E-state index in [4.69, 9.17) is 26.2 Å². The lowest BCUT2D eigenvalue weighted by Crippen LogP contribution is -2.21. The van der Waals surface area contributed by atoms with Crippen LogP contribution in [-0.4, -0.2) is 34.0 Å². The third-order valence-corrected chi connectivity index (χ3v) is 3.62. The zero-order valence-electron chi connectivity index (χ0n) is 9.74. The van der Waals surface area contributed by atoms with Crippen LogP contribution in [-0.2, 0) is 14.8 Å². The van der Waals surface area contributed by atoms with E-state index in [1.165, 1.54) is 6.07 Å². The molecule has 0 spiro atoms. The van der Waals surface area contributed by atoms with Crippen LogP contribution in [0.3, 0.4) is 0 Å². The minimum absolute atomic E-state index is 0.0105. The summed E-state index contributed by atoms with van der Waals surface area (Å²) in [5, 5.41) is 4.78.